The minimum absolute atomic E-state index is 0.136. The molecule has 3 nitrogen and oxygen atoms in total. The molecule has 1 aromatic carbocycles. The van der Waals surface area contributed by atoms with Crippen molar-refractivity contribution in [1.29, 1.82) is 0 Å². The quantitative estimate of drug-likeness (QED) is 0.921. The van der Waals surface area contributed by atoms with Gasteiger partial charge < -0.3 is 15.0 Å². The summed E-state index contributed by atoms with van der Waals surface area (Å²) < 4.78 is 6.33. The predicted molar refractivity (Wildman–Crippen MR) is 89.3 cm³/mol. The predicted octanol–water partition coefficient (Wildman–Crippen LogP) is 3.51. The topological polar surface area (TPSA) is 24.5 Å². The van der Waals surface area contributed by atoms with Crippen molar-refractivity contribution in [3.63, 3.8) is 0 Å². The number of benzene rings is 1. The Hall–Kier alpha value is -1.06. The van der Waals surface area contributed by atoms with Gasteiger partial charge in [0.2, 0.25) is 0 Å². The van der Waals surface area contributed by atoms with Crippen molar-refractivity contribution in [3.8, 4) is 5.75 Å². The van der Waals surface area contributed by atoms with Crippen molar-refractivity contribution in [3.05, 3.63) is 29.8 Å². The maximum Gasteiger partial charge on any atom is 0.124 e. The van der Waals surface area contributed by atoms with E-state index in [9.17, 15) is 0 Å². The van der Waals surface area contributed by atoms with Crippen LogP contribution in [0.15, 0.2) is 24.3 Å². The molecule has 0 unspecified atom stereocenters. The van der Waals surface area contributed by atoms with Gasteiger partial charge in [0.25, 0.3) is 0 Å². The zero-order chi connectivity index (χ0) is 14.8. The molecular weight excluding hydrogens is 272 g/mol. The van der Waals surface area contributed by atoms with Crippen LogP contribution in [0.1, 0.15) is 56.6 Å². The zero-order valence-electron chi connectivity index (χ0n) is 13.5. The van der Waals surface area contributed by atoms with E-state index < -0.39 is 0 Å². The van der Waals surface area contributed by atoms with Crippen LogP contribution in [0.5, 0.6) is 5.75 Å². The van der Waals surface area contributed by atoms with Gasteiger partial charge in [-0.15, -0.1) is 0 Å². The molecule has 120 valence electrons. The number of hydrogen-bond donors (Lipinski definition) is 1. The van der Waals surface area contributed by atoms with Crippen LogP contribution in [0.2, 0.25) is 0 Å². The Morgan fingerprint density at radius 2 is 1.91 bits per heavy atom. The fourth-order valence-electron chi connectivity index (χ4n) is 4.26. The Morgan fingerprint density at radius 3 is 2.68 bits per heavy atom. The number of fused-ring (bicyclic) bond motifs is 1. The van der Waals surface area contributed by atoms with Gasteiger partial charge in [0, 0.05) is 31.1 Å². The van der Waals surface area contributed by atoms with Crippen LogP contribution in [0.3, 0.4) is 0 Å². The van der Waals surface area contributed by atoms with E-state index in [0.717, 1.165) is 18.7 Å². The van der Waals surface area contributed by atoms with Gasteiger partial charge in [0.15, 0.2) is 0 Å². The van der Waals surface area contributed by atoms with Crippen LogP contribution in [0.25, 0.3) is 0 Å². The Labute approximate surface area is 134 Å². The van der Waals surface area contributed by atoms with Gasteiger partial charge in [-0.3, -0.25) is 0 Å². The van der Waals surface area contributed by atoms with Crippen LogP contribution in [-0.2, 0) is 0 Å². The number of nitrogens with zero attached hydrogens (tertiary/aromatic N) is 1. The number of piperidine rings is 1. The second-order valence-corrected chi connectivity index (χ2v) is 7.29. The first-order valence-electron chi connectivity index (χ1n) is 9.08. The Balaban J connectivity index is 1.39. The maximum absolute atomic E-state index is 6.33. The normalized spacial score (nSPS) is 27.0. The third-order valence-corrected chi connectivity index (χ3v) is 5.73. The minimum Gasteiger partial charge on any atom is -0.487 e. The molecule has 2 fully saturated rings. The van der Waals surface area contributed by atoms with Crippen molar-refractivity contribution in [2.45, 2.75) is 56.6 Å². The van der Waals surface area contributed by atoms with Gasteiger partial charge in [0.1, 0.15) is 11.4 Å². The van der Waals surface area contributed by atoms with Crippen LogP contribution in [0.4, 0.5) is 0 Å². The van der Waals surface area contributed by atoms with E-state index in [4.69, 9.17) is 4.74 Å². The van der Waals surface area contributed by atoms with Gasteiger partial charge in [0.05, 0.1) is 0 Å². The molecule has 2 aliphatic heterocycles. The molecule has 1 saturated carbocycles. The molecule has 4 rings (SSSR count). The van der Waals surface area contributed by atoms with E-state index in [0.29, 0.717) is 6.04 Å². The summed E-state index contributed by atoms with van der Waals surface area (Å²) in [6.45, 7) is 4.85. The molecule has 3 heteroatoms. The molecule has 22 heavy (non-hydrogen) atoms. The zero-order valence-corrected chi connectivity index (χ0v) is 13.5. The van der Waals surface area contributed by atoms with Gasteiger partial charge in [-0.25, -0.2) is 0 Å². The van der Waals surface area contributed by atoms with E-state index in [-0.39, 0.29) is 5.60 Å². The SMILES string of the molecule is c1ccc2c(c1)OC1(CCC1)C[C@H]2NCCN1CCCCC1. The molecule has 1 aromatic rings. The van der Waals surface area contributed by atoms with E-state index in [1.165, 1.54) is 63.7 Å². The number of likely N-dealkylation sites (tertiary alicyclic amines) is 1. The average molecular weight is 300 g/mol. The first-order chi connectivity index (χ1) is 10.8. The summed E-state index contributed by atoms with van der Waals surface area (Å²) >= 11 is 0. The van der Waals surface area contributed by atoms with E-state index >= 15 is 0 Å². The Morgan fingerprint density at radius 1 is 1.09 bits per heavy atom. The van der Waals surface area contributed by atoms with Gasteiger partial charge in [-0.1, -0.05) is 24.6 Å². The van der Waals surface area contributed by atoms with Gasteiger partial charge in [-0.2, -0.15) is 0 Å². The second kappa shape index (κ2) is 6.21. The number of ether oxygens (including phenoxy) is 1. The molecule has 0 aromatic heterocycles. The van der Waals surface area contributed by atoms with Crippen LogP contribution >= 0.6 is 0 Å². The van der Waals surface area contributed by atoms with Gasteiger partial charge >= 0.3 is 0 Å². The minimum atomic E-state index is 0.136. The second-order valence-electron chi connectivity index (χ2n) is 7.29. The van der Waals surface area contributed by atoms with E-state index in [2.05, 4.69) is 34.5 Å². The summed E-state index contributed by atoms with van der Waals surface area (Å²) in [5, 5.41) is 3.83. The number of nitrogens with one attached hydrogen (secondary N) is 1. The summed E-state index contributed by atoms with van der Waals surface area (Å²) in [4.78, 5) is 2.61. The summed E-state index contributed by atoms with van der Waals surface area (Å²) in [7, 11) is 0. The average Bonchev–Trinajstić information content (AvgIpc) is 2.54. The lowest BCUT2D eigenvalue weighted by Gasteiger charge is -2.48. The van der Waals surface area contributed by atoms with Crippen molar-refractivity contribution < 1.29 is 4.74 Å². The van der Waals surface area contributed by atoms with Crippen molar-refractivity contribution in [1.82, 2.24) is 10.2 Å². The maximum atomic E-state index is 6.33. The monoisotopic (exact) mass is 300 g/mol. The molecule has 3 aliphatic rings. The summed E-state index contributed by atoms with van der Waals surface area (Å²) in [6.07, 6.45) is 9.09. The summed E-state index contributed by atoms with van der Waals surface area (Å²) in [5.74, 6) is 1.11. The summed E-state index contributed by atoms with van der Waals surface area (Å²) in [6, 6.07) is 9.09. The third kappa shape index (κ3) is 2.89. The highest BCUT2D eigenvalue weighted by atomic mass is 16.5. The lowest BCUT2D eigenvalue weighted by atomic mass is 9.73. The number of hydrogen-bond acceptors (Lipinski definition) is 3. The Kier molecular flexibility index (Phi) is 4.10. The van der Waals surface area contributed by atoms with E-state index in [1.807, 2.05) is 0 Å². The molecule has 1 atom stereocenters. The molecule has 2 heterocycles. The molecule has 1 spiro atoms. The first-order valence-corrected chi connectivity index (χ1v) is 9.08. The lowest BCUT2D eigenvalue weighted by Crippen LogP contribution is -2.49. The fraction of sp³-hybridized carbons (Fsp3) is 0.684. The molecule has 1 saturated heterocycles. The summed E-state index contributed by atoms with van der Waals surface area (Å²) in [5.41, 5.74) is 1.50. The molecule has 0 amide bonds. The van der Waals surface area contributed by atoms with E-state index in [1.54, 1.807) is 0 Å². The molecule has 1 aliphatic carbocycles. The number of rotatable bonds is 4. The van der Waals surface area contributed by atoms with Crippen molar-refractivity contribution in [2.75, 3.05) is 26.2 Å². The molecular formula is C19H28N2O. The Bertz CT molecular complexity index is 506. The fourth-order valence-corrected chi connectivity index (χ4v) is 4.26. The van der Waals surface area contributed by atoms with Crippen LogP contribution < -0.4 is 10.1 Å². The lowest BCUT2D eigenvalue weighted by molar-refractivity contribution is -0.0370. The molecule has 0 bridgehead atoms. The van der Waals surface area contributed by atoms with Crippen LogP contribution in [-0.4, -0.2) is 36.7 Å². The highest BCUT2D eigenvalue weighted by molar-refractivity contribution is 5.39. The first kappa shape index (κ1) is 14.5. The highest BCUT2D eigenvalue weighted by Crippen LogP contribution is 2.48. The standard InChI is InChI=1S/C19H28N2O/c1-4-12-21(13-5-1)14-11-20-17-15-19(9-6-10-19)22-18-8-3-2-7-16(17)18/h2-3,7-8,17,20H,1,4-6,9-15H2/t17-/m1/s1. The molecule has 1 N–H and O–H groups in total. The highest BCUT2D eigenvalue weighted by Gasteiger charge is 2.45. The number of para-hydroxylation sites is 1. The molecule has 0 radical (unpaired) electrons. The smallest absolute Gasteiger partial charge is 0.124 e. The largest absolute Gasteiger partial charge is 0.487 e. The third-order valence-electron chi connectivity index (χ3n) is 5.73. The van der Waals surface area contributed by atoms with Crippen molar-refractivity contribution >= 4 is 0 Å². The van der Waals surface area contributed by atoms with Gasteiger partial charge in [-0.05, 0) is 51.3 Å². The van der Waals surface area contributed by atoms with Crippen LogP contribution in [0, 0.1) is 0 Å². The van der Waals surface area contributed by atoms with Crippen molar-refractivity contribution in [2.24, 2.45) is 0 Å².